The Morgan fingerprint density at radius 1 is 1.06 bits per heavy atom. The standard InChI is InChI=1S/C16H19N/c1-3-13-5-7-14(8-6-13)16-11-4-12(2)17(16)15-9-10-15/h4-8,11,15H,3,9-10H2,1-2H3. The zero-order chi connectivity index (χ0) is 11.8. The molecule has 1 heteroatoms. The maximum atomic E-state index is 2.50. The van der Waals surface area contributed by atoms with Crippen molar-refractivity contribution in [3.63, 3.8) is 0 Å². The molecule has 0 unspecified atom stereocenters. The molecule has 1 nitrogen and oxygen atoms in total. The van der Waals surface area contributed by atoms with E-state index in [0.717, 1.165) is 12.5 Å². The van der Waals surface area contributed by atoms with Crippen LogP contribution in [0.3, 0.4) is 0 Å². The van der Waals surface area contributed by atoms with Gasteiger partial charge in [0.25, 0.3) is 0 Å². The molecule has 0 radical (unpaired) electrons. The molecule has 3 rings (SSSR count). The fraction of sp³-hybridized carbons (Fsp3) is 0.375. The van der Waals surface area contributed by atoms with Crippen LogP contribution in [0.15, 0.2) is 36.4 Å². The van der Waals surface area contributed by atoms with Gasteiger partial charge in [-0.1, -0.05) is 31.2 Å². The Morgan fingerprint density at radius 3 is 2.35 bits per heavy atom. The van der Waals surface area contributed by atoms with Gasteiger partial charge in [0, 0.05) is 17.4 Å². The van der Waals surface area contributed by atoms with Crippen molar-refractivity contribution in [2.45, 2.75) is 39.2 Å². The van der Waals surface area contributed by atoms with E-state index in [2.05, 4.69) is 54.8 Å². The lowest BCUT2D eigenvalue weighted by molar-refractivity contribution is 0.730. The lowest BCUT2D eigenvalue weighted by Gasteiger charge is -2.11. The van der Waals surface area contributed by atoms with Crippen LogP contribution < -0.4 is 0 Å². The van der Waals surface area contributed by atoms with Gasteiger partial charge in [0.2, 0.25) is 0 Å². The molecule has 1 aromatic heterocycles. The summed E-state index contributed by atoms with van der Waals surface area (Å²) in [5.74, 6) is 0. The molecular weight excluding hydrogens is 206 g/mol. The molecule has 0 saturated heterocycles. The Balaban J connectivity index is 2.02. The third kappa shape index (κ3) is 1.90. The molecule has 0 amide bonds. The number of aryl methyl sites for hydroxylation is 2. The molecular formula is C16H19N. The maximum Gasteiger partial charge on any atom is 0.0484 e. The smallest absolute Gasteiger partial charge is 0.0484 e. The third-order valence-corrected chi connectivity index (χ3v) is 3.69. The van der Waals surface area contributed by atoms with Crippen LogP contribution >= 0.6 is 0 Å². The molecule has 1 fully saturated rings. The topological polar surface area (TPSA) is 4.93 Å². The second kappa shape index (κ2) is 4.06. The van der Waals surface area contributed by atoms with Crippen LogP contribution in [0.4, 0.5) is 0 Å². The third-order valence-electron chi connectivity index (χ3n) is 3.69. The molecule has 2 aromatic rings. The van der Waals surface area contributed by atoms with E-state index < -0.39 is 0 Å². The van der Waals surface area contributed by atoms with E-state index in [1.165, 1.54) is 35.4 Å². The normalized spacial score (nSPS) is 15.2. The summed E-state index contributed by atoms with van der Waals surface area (Å²) in [6.45, 7) is 4.41. The van der Waals surface area contributed by atoms with E-state index in [-0.39, 0.29) is 0 Å². The van der Waals surface area contributed by atoms with Crippen LogP contribution in [0, 0.1) is 6.92 Å². The molecule has 1 heterocycles. The molecule has 1 saturated carbocycles. The van der Waals surface area contributed by atoms with Gasteiger partial charge in [0.15, 0.2) is 0 Å². The number of rotatable bonds is 3. The van der Waals surface area contributed by atoms with Crippen molar-refractivity contribution in [3.05, 3.63) is 47.7 Å². The van der Waals surface area contributed by atoms with Crippen LogP contribution in [-0.2, 0) is 6.42 Å². The second-order valence-electron chi connectivity index (χ2n) is 5.01. The zero-order valence-electron chi connectivity index (χ0n) is 10.6. The van der Waals surface area contributed by atoms with Crippen molar-refractivity contribution in [1.82, 2.24) is 4.57 Å². The van der Waals surface area contributed by atoms with Gasteiger partial charge >= 0.3 is 0 Å². The van der Waals surface area contributed by atoms with E-state index in [0.29, 0.717) is 0 Å². The molecule has 1 aliphatic carbocycles. The Morgan fingerprint density at radius 2 is 1.76 bits per heavy atom. The molecule has 1 aliphatic rings. The molecule has 0 atom stereocenters. The Hall–Kier alpha value is -1.50. The minimum absolute atomic E-state index is 0.755. The lowest BCUT2D eigenvalue weighted by atomic mass is 10.1. The summed E-state index contributed by atoms with van der Waals surface area (Å²) in [5.41, 5.74) is 5.53. The summed E-state index contributed by atoms with van der Waals surface area (Å²) in [7, 11) is 0. The highest BCUT2D eigenvalue weighted by molar-refractivity contribution is 5.61. The van der Waals surface area contributed by atoms with Crippen LogP contribution in [0.1, 0.15) is 37.1 Å². The minimum Gasteiger partial charge on any atom is -0.342 e. The van der Waals surface area contributed by atoms with Gasteiger partial charge in [0.05, 0.1) is 0 Å². The lowest BCUT2D eigenvalue weighted by Crippen LogP contribution is -1.98. The van der Waals surface area contributed by atoms with E-state index in [1.54, 1.807) is 0 Å². The second-order valence-corrected chi connectivity index (χ2v) is 5.01. The fourth-order valence-corrected chi connectivity index (χ4v) is 2.51. The summed E-state index contributed by atoms with van der Waals surface area (Å²) >= 11 is 0. The van der Waals surface area contributed by atoms with Crippen LogP contribution in [0.25, 0.3) is 11.3 Å². The molecule has 17 heavy (non-hydrogen) atoms. The molecule has 0 aliphatic heterocycles. The van der Waals surface area contributed by atoms with E-state index in [4.69, 9.17) is 0 Å². The molecule has 0 spiro atoms. The molecule has 0 bridgehead atoms. The van der Waals surface area contributed by atoms with Gasteiger partial charge in [-0.05, 0) is 49.4 Å². The number of nitrogens with zero attached hydrogens (tertiary/aromatic N) is 1. The Kier molecular flexibility index (Phi) is 2.54. The summed E-state index contributed by atoms with van der Waals surface area (Å²) in [4.78, 5) is 0. The largest absolute Gasteiger partial charge is 0.342 e. The fourth-order valence-electron chi connectivity index (χ4n) is 2.51. The number of hydrogen-bond donors (Lipinski definition) is 0. The molecule has 1 aromatic carbocycles. The van der Waals surface area contributed by atoms with Crippen molar-refractivity contribution in [2.24, 2.45) is 0 Å². The van der Waals surface area contributed by atoms with Gasteiger partial charge in [-0.15, -0.1) is 0 Å². The zero-order valence-corrected chi connectivity index (χ0v) is 10.6. The SMILES string of the molecule is CCc1ccc(-c2ccc(C)n2C2CC2)cc1. The minimum atomic E-state index is 0.755. The number of aromatic nitrogens is 1. The molecule has 88 valence electrons. The predicted octanol–water partition coefficient (Wildman–Crippen LogP) is 4.36. The first-order chi connectivity index (χ1) is 8.29. The number of hydrogen-bond acceptors (Lipinski definition) is 0. The first-order valence-electron chi connectivity index (χ1n) is 6.56. The summed E-state index contributed by atoms with van der Waals surface area (Å²) in [5, 5.41) is 0. The van der Waals surface area contributed by atoms with Gasteiger partial charge in [-0.25, -0.2) is 0 Å². The monoisotopic (exact) mass is 225 g/mol. The summed E-state index contributed by atoms with van der Waals surface area (Å²) in [6, 6.07) is 14.3. The van der Waals surface area contributed by atoms with Crippen molar-refractivity contribution in [3.8, 4) is 11.3 Å². The molecule has 0 N–H and O–H groups in total. The van der Waals surface area contributed by atoms with Gasteiger partial charge in [-0.2, -0.15) is 0 Å². The van der Waals surface area contributed by atoms with Gasteiger partial charge in [-0.3, -0.25) is 0 Å². The van der Waals surface area contributed by atoms with Gasteiger partial charge in [0.1, 0.15) is 0 Å². The highest BCUT2D eigenvalue weighted by Gasteiger charge is 2.26. The van der Waals surface area contributed by atoms with Crippen molar-refractivity contribution >= 4 is 0 Å². The summed E-state index contributed by atoms with van der Waals surface area (Å²) in [6.07, 6.45) is 3.80. The predicted molar refractivity (Wildman–Crippen MR) is 72.3 cm³/mol. The van der Waals surface area contributed by atoms with Crippen LogP contribution in [0.5, 0.6) is 0 Å². The van der Waals surface area contributed by atoms with E-state index in [9.17, 15) is 0 Å². The maximum absolute atomic E-state index is 2.50. The average Bonchev–Trinajstić information content (AvgIpc) is 3.13. The van der Waals surface area contributed by atoms with Gasteiger partial charge < -0.3 is 4.57 Å². The van der Waals surface area contributed by atoms with Crippen molar-refractivity contribution in [1.29, 1.82) is 0 Å². The summed E-state index contributed by atoms with van der Waals surface area (Å²) < 4.78 is 2.50. The van der Waals surface area contributed by atoms with E-state index in [1.807, 2.05) is 0 Å². The first-order valence-corrected chi connectivity index (χ1v) is 6.56. The quantitative estimate of drug-likeness (QED) is 0.731. The van der Waals surface area contributed by atoms with E-state index >= 15 is 0 Å². The highest BCUT2D eigenvalue weighted by Crippen LogP contribution is 2.40. The van der Waals surface area contributed by atoms with Crippen molar-refractivity contribution in [2.75, 3.05) is 0 Å². The number of benzene rings is 1. The van der Waals surface area contributed by atoms with Crippen LogP contribution in [-0.4, -0.2) is 4.57 Å². The first kappa shape index (κ1) is 10.6. The van der Waals surface area contributed by atoms with Crippen LogP contribution in [0.2, 0.25) is 0 Å². The van der Waals surface area contributed by atoms with Crippen molar-refractivity contribution < 1.29 is 0 Å². The Labute approximate surface area is 103 Å². The highest BCUT2D eigenvalue weighted by atomic mass is 15.1. The average molecular weight is 225 g/mol. The Bertz CT molecular complexity index is 515.